The highest BCUT2D eigenvalue weighted by molar-refractivity contribution is 6.33. The lowest BCUT2D eigenvalue weighted by Gasteiger charge is -2.33. The van der Waals surface area contributed by atoms with E-state index in [4.69, 9.17) is 16.7 Å². The van der Waals surface area contributed by atoms with Crippen molar-refractivity contribution in [2.24, 2.45) is 5.92 Å². The normalized spacial score (nSPS) is 18.3. The van der Waals surface area contributed by atoms with E-state index in [1.54, 1.807) is 11.8 Å². The zero-order valence-electron chi connectivity index (χ0n) is 12.4. The highest BCUT2D eigenvalue weighted by atomic mass is 35.5. The predicted octanol–water partition coefficient (Wildman–Crippen LogP) is 3.50. The van der Waals surface area contributed by atoms with Gasteiger partial charge in [-0.15, -0.1) is 0 Å². The molecular weight excluding hydrogens is 309 g/mol. The third-order valence-electron chi connectivity index (χ3n) is 4.05. The summed E-state index contributed by atoms with van der Waals surface area (Å²) in [5, 5.41) is 8.87. The quantitative estimate of drug-likeness (QED) is 0.920. The highest BCUT2D eigenvalue weighted by Crippen LogP contribution is 2.26. The standard InChI is InChI=1S/C16H19ClFNO3/c1-10-7-12(13(17)8-14(10)18)16(22)19-6-2-3-11(9-19)4-5-15(20)21/h7-8,11H,2-6,9H2,1H3,(H,20,21). The zero-order chi connectivity index (χ0) is 16.3. The van der Waals surface area contributed by atoms with Crippen LogP contribution in [0.25, 0.3) is 0 Å². The predicted molar refractivity (Wildman–Crippen MR) is 81.6 cm³/mol. The Hall–Kier alpha value is -1.62. The van der Waals surface area contributed by atoms with E-state index in [1.807, 2.05) is 0 Å². The molecule has 0 bridgehead atoms. The van der Waals surface area contributed by atoms with E-state index in [2.05, 4.69) is 0 Å². The average molecular weight is 328 g/mol. The summed E-state index contributed by atoms with van der Waals surface area (Å²) in [7, 11) is 0. The van der Waals surface area contributed by atoms with Gasteiger partial charge in [0.2, 0.25) is 0 Å². The first-order chi connectivity index (χ1) is 10.4. The molecule has 1 amide bonds. The van der Waals surface area contributed by atoms with Crippen molar-refractivity contribution in [3.63, 3.8) is 0 Å². The fourth-order valence-electron chi connectivity index (χ4n) is 2.80. The minimum absolute atomic E-state index is 0.112. The number of aliphatic carboxylic acids is 1. The molecule has 1 aromatic carbocycles. The summed E-state index contributed by atoms with van der Waals surface area (Å²) in [6.45, 7) is 2.74. The van der Waals surface area contributed by atoms with Crippen molar-refractivity contribution < 1.29 is 19.1 Å². The maximum Gasteiger partial charge on any atom is 0.303 e. The van der Waals surface area contributed by atoms with Crippen LogP contribution in [-0.4, -0.2) is 35.0 Å². The Morgan fingerprint density at radius 3 is 2.86 bits per heavy atom. The van der Waals surface area contributed by atoms with E-state index in [0.29, 0.717) is 30.6 Å². The van der Waals surface area contributed by atoms with Crippen molar-refractivity contribution >= 4 is 23.5 Å². The van der Waals surface area contributed by atoms with Gasteiger partial charge in [0.1, 0.15) is 5.82 Å². The van der Waals surface area contributed by atoms with E-state index in [9.17, 15) is 14.0 Å². The molecule has 22 heavy (non-hydrogen) atoms. The molecule has 1 heterocycles. The number of carboxylic acid groups (broad SMARTS) is 1. The molecule has 6 heteroatoms. The van der Waals surface area contributed by atoms with Gasteiger partial charge in [0.15, 0.2) is 0 Å². The fourth-order valence-corrected chi connectivity index (χ4v) is 3.04. The van der Waals surface area contributed by atoms with Gasteiger partial charge in [0.05, 0.1) is 10.6 Å². The van der Waals surface area contributed by atoms with Crippen LogP contribution in [0.5, 0.6) is 0 Å². The number of rotatable bonds is 4. The second kappa shape index (κ2) is 7.09. The maximum atomic E-state index is 13.4. The van der Waals surface area contributed by atoms with E-state index in [-0.39, 0.29) is 23.3 Å². The van der Waals surface area contributed by atoms with Crippen LogP contribution >= 0.6 is 11.6 Å². The van der Waals surface area contributed by atoms with Crippen LogP contribution in [0.4, 0.5) is 4.39 Å². The maximum absolute atomic E-state index is 13.4. The molecule has 1 aromatic rings. The van der Waals surface area contributed by atoms with Gasteiger partial charge in [-0.1, -0.05) is 11.6 Å². The molecule has 0 saturated carbocycles. The van der Waals surface area contributed by atoms with Crippen molar-refractivity contribution in [2.75, 3.05) is 13.1 Å². The lowest BCUT2D eigenvalue weighted by Crippen LogP contribution is -2.40. The average Bonchev–Trinajstić information content (AvgIpc) is 2.48. The summed E-state index contributed by atoms with van der Waals surface area (Å²) in [5.41, 5.74) is 0.687. The minimum atomic E-state index is -0.819. The Kier molecular flexibility index (Phi) is 5.40. The first-order valence-corrected chi connectivity index (χ1v) is 7.73. The Bertz CT molecular complexity index is 591. The number of nitrogens with zero attached hydrogens (tertiary/aromatic N) is 1. The summed E-state index contributed by atoms with van der Waals surface area (Å²) in [5.74, 6) is -1.28. The topological polar surface area (TPSA) is 57.6 Å². The Morgan fingerprint density at radius 2 is 2.18 bits per heavy atom. The first kappa shape index (κ1) is 16.7. The monoisotopic (exact) mass is 327 g/mol. The van der Waals surface area contributed by atoms with Gasteiger partial charge < -0.3 is 10.0 Å². The van der Waals surface area contributed by atoms with E-state index >= 15 is 0 Å². The molecule has 0 radical (unpaired) electrons. The van der Waals surface area contributed by atoms with E-state index in [1.165, 1.54) is 6.07 Å². The van der Waals surface area contributed by atoms with Gasteiger partial charge in [0.25, 0.3) is 5.91 Å². The lowest BCUT2D eigenvalue weighted by molar-refractivity contribution is -0.137. The fraction of sp³-hybridized carbons (Fsp3) is 0.500. The van der Waals surface area contributed by atoms with Crippen LogP contribution < -0.4 is 0 Å². The summed E-state index contributed by atoms with van der Waals surface area (Å²) in [4.78, 5) is 24.9. The van der Waals surface area contributed by atoms with Crippen molar-refractivity contribution in [3.8, 4) is 0 Å². The van der Waals surface area contributed by atoms with Crippen LogP contribution in [0.2, 0.25) is 5.02 Å². The molecule has 0 aliphatic carbocycles. The molecule has 1 unspecified atom stereocenters. The number of likely N-dealkylation sites (tertiary alicyclic amines) is 1. The number of halogens is 2. The van der Waals surface area contributed by atoms with Crippen molar-refractivity contribution in [2.45, 2.75) is 32.6 Å². The second-order valence-corrected chi connectivity index (χ2v) is 6.18. The Balaban J connectivity index is 2.09. The first-order valence-electron chi connectivity index (χ1n) is 7.35. The molecule has 1 aliphatic heterocycles. The smallest absolute Gasteiger partial charge is 0.303 e. The third kappa shape index (κ3) is 3.97. The number of benzene rings is 1. The number of aryl methyl sites for hydroxylation is 1. The SMILES string of the molecule is Cc1cc(C(=O)N2CCCC(CCC(=O)O)C2)c(Cl)cc1F. The zero-order valence-corrected chi connectivity index (χ0v) is 13.2. The van der Waals surface area contributed by atoms with Gasteiger partial charge in [0, 0.05) is 19.5 Å². The number of amides is 1. The molecule has 1 fully saturated rings. The summed E-state index contributed by atoms with van der Waals surface area (Å²) < 4.78 is 13.4. The van der Waals surface area contributed by atoms with Crippen LogP contribution in [0.15, 0.2) is 12.1 Å². The van der Waals surface area contributed by atoms with Crippen LogP contribution in [0.1, 0.15) is 41.6 Å². The number of hydrogen-bond donors (Lipinski definition) is 1. The third-order valence-corrected chi connectivity index (χ3v) is 4.36. The van der Waals surface area contributed by atoms with Crippen LogP contribution in [-0.2, 0) is 4.79 Å². The van der Waals surface area contributed by atoms with Gasteiger partial charge in [-0.2, -0.15) is 0 Å². The molecular formula is C16H19ClFNO3. The van der Waals surface area contributed by atoms with E-state index in [0.717, 1.165) is 18.9 Å². The number of carbonyl (C=O) groups is 2. The largest absolute Gasteiger partial charge is 0.481 e. The Labute approximate surface area is 133 Å². The van der Waals surface area contributed by atoms with Crippen molar-refractivity contribution in [1.29, 1.82) is 0 Å². The summed E-state index contributed by atoms with van der Waals surface area (Å²) >= 11 is 5.99. The highest BCUT2D eigenvalue weighted by Gasteiger charge is 2.26. The molecule has 120 valence electrons. The van der Waals surface area contributed by atoms with Gasteiger partial charge in [-0.25, -0.2) is 4.39 Å². The molecule has 0 spiro atoms. The molecule has 2 rings (SSSR count). The molecule has 4 nitrogen and oxygen atoms in total. The number of piperidine rings is 1. The van der Waals surface area contributed by atoms with Gasteiger partial charge in [-0.3, -0.25) is 9.59 Å². The molecule has 1 aliphatic rings. The van der Waals surface area contributed by atoms with Gasteiger partial charge >= 0.3 is 5.97 Å². The lowest BCUT2D eigenvalue weighted by atomic mass is 9.93. The number of hydrogen-bond acceptors (Lipinski definition) is 2. The summed E-state index contributed by atoms with van der Waals surface area (Å²) in [6.07, 6.45) is 2.44. The summed E-state index contributed by atoms with van der Waals surface area (Å²) in [6, 6.07) is 2.64. The second-order valence-electron chi connectivity index (χ2n) is 5.77. The van der Waals surface area contributed by atoms with Crippen molar-refractivity contribution in [3.05, 3.63) is 34.1 Å². The molecule has 0 aromatic heterocycles. The Morgan fingerprint density at radius 1 is 1.45 bits per heavy atom. The van der Waals surface area contributed by atoms with Crippen LogP contribution in [0.3, 0.4) is 0 Å². The molecule has 1 atom stereocenters. The molecule has 1 N–H and O–H groups in total. The van der Waals surface area contributed by atoms with E-state index < -0.39 is 11.8 Å². The number of carboxylic acids is 1. The van der Waals surface area contributed by atoms with Gasteiger partial charge in [-0.05, 0) is 49.8 Å². The molecule has 1 saturated heterocycles. The van der Waals surface area contributed by atoms with Crippen LogP contribution in [0, 0.1) is 18.7 Å². The minimum Gasteiger partial charge on any atom is -0.481 e. The van der Waals surface area contributed by atoms with Crippen molar-refractivity contribution in [1.82, 2.24) is 4.90 Å². The number of carbonyl (C=O) groups excluding carboxylic acids is 1.